The number of carbonyl (C=O) groups is 1. The van der Waals surface area contributed by atoms with Gasteiger partial charge in [-0.1, -0.05) is 25.6 Å². The Hall–Kier alpha value is -1.70. The number of carboxylic acid groups (broad SMARTS) is 1. The van der Waals surface area contributed by atoms with Crippen LogP contribution in [0.3, 0.4) is 0 Å². The van der Waals surface area contributed by atoms with Crippen LogP contribution < -0.4 is 5.56 Å². The van der Waals surface area contributed by atoms with Crippen LogP contribution >= 0.6 is 11.8 Å². The van der Waals surface area contributed by atoms with Gasteiger partial charge in [-0.05, 0) is 0 Å². The lowest BCUT2D eigenvalue weighted by molar-refractivity contribution is -0.136. The minimum atomic E-state index is -0.971. The molecule has 2 rings (SSSR count). The van der Waals surface area contributed by atoms with Crippen molar-refractivity contribution in [3.8, 4) is 0 Å². The lowest BCUT2D eigenvalue weighted by Crippen LogP contribution is -2.27. The fraction of sp³-hybridized carbons (Fsp3) is 0.500. The molecule has 1 aromatic rings. The van der Waals surface area contributed by atoms with Crippen molar-refractivity contribution >= 4 is 23.9 Å². The maximum absolute atomic E-state index is 11.8. The second kappa shape index (κ2) is 6.90. The number of hydrogen-bond donors (Lipinski definition) is 1. The third-order valence-corrected chi connectivity index (χ3v) is 2.76. The standard InChI is InChI=1S/C8H8N4O3S.C2H6/c13-6(14)2-1-5-7(15)12-8(11-10-5)16-4-3-9-12;1-2/h3H,1-2,4H2,(H,13,14);1-2H3. The van der Waals surface area contributed by atoms with Crippen molar-refractivity contribution in [3.05, 3.63) is 16.0 Å². The Morgan fingerprint density at radius 1 is 1.50 bits per heavy atom. The fourth-order valence-corrected chi connectivity index (χ4v) is 1.84. The number of aliphatic carboxylic acids is 1. The minimum absolute atomic E-state index is 0.0711. The molecule has 1 aliphatic rings. The highest BCUT2D eigenvalue weighted by molar-refractivity contribution is 7.99. The molecule has 0 amide bonds. The van der Waals surface area contributed by atoms with Gasteiger partial charge in [0, 0.05) is 18.4 Å². The summed E-state index contributed by atoms with van der Waals surface area (Å²) in [6.45, 7) is 4.00. The SMILES string of the molecule is CC.O=C(O)CCc1nnc2n(c1=O)N=CCS2. The molecule has 1 N–H and O–H groups in total. The molecular formula is C10H14N4O3S. The van der Waals surface area contributed by atoms with Crippen molar-refractivity contribution in [1.29, 1.82) is 0 Å². The van der Waals surface area contributed by atoms with Gasteiger partial charge < -0.3 is 5.11 Å². The first-order valence-corrected chi connectivity index (χ1v) is 6.53. The van der Waals surface area contributed by atoms with Crippen LogP contribution in [0.2, 0.25) is 0 Å². The third-order valence-electron chi connectivity index (χ3n) is 1.94. The molecular weight excluding hydrogens is 256 g/mol. The molecule has 0 saturated heterocycles. The zero-order valence-electron chi connectivity index (χ0n) is 10.2. The summed E-state index contributed by atoms with van der Waals surface area (Å²) in [7, 11) is 0. The molecule has 8 heteroatoms. The summed E-state index contributed by atoms with van der Waals surface area (Å²) in [4.78, 5) is 22.1. The summed E-state index contributed by atoms with van der Waals surface area (Å²) in [5, 5.41) is 20.4. The smallest absolute Gasteiger partial charge is 0.303 e. The zero-order valence-corrected chi connectivity index (χ0v) is 11.0. The van der Waals surface area contributed by atoms with E-state index in [-0.39, 0.29) is 18.5 Å². The molecule has 0 aliphatic carbocycles. The number of nitrogens with zero attached hydrogens (tertiary/aromatic N) is 4. The molecule has 7 nitrogen and oxygen atoms in total. The molecule has 98 valence electrons. The molecule has 0 unspecified atom stereocenters. The predicted molar refractivity (Wildman–Crippen MR) is 68.2 cm³/mol. The van der Waals surface area contributed by atoms with E-state index in [1.165, 1.54) is 11.8 Å². The van der Waals surface area contributed by atoms with Crippen LogP contribution in [0, 0.1) is 0 Å². The first kappa shape index (κ1) is 14.4. The van der Waals surface area contributed by atoms with Crippen LogP contribution in [0.4, 0.5) is 0 Å². The Bertz CT molecular complexity index is 512. The summed E-state index contributed by atoms with van der Waals surface area (Å²) in [6.07, 6.45) is 1.53. The topological polar surface area (TPSA) is 97.4 Å². The first-order valence-electron chi connectivity index (χ1n) is 5.54. The number of hydrogen-bond acceptors (Lipinski definition) is 6. The van der Waals surface area contributed by atoms with Gasteiger partial charge >= 0.3 is 5.97 Å². The molecule has 0 fully saturated rings. The lowest BCUT2D eigenvalue weighted by Gasteiger charge is -2.09. The van der Waals surface area contributed by atoms with Crippen LogP contribution in [0.25, 0.3) is 0 Å². The number of rotatable bonds is 3. The van der Waals surface area contributed by atoms with E-state index in [0.717, 1.165) is 4.68 Å². The number of carboxylic acids is 1. The summed E-state index contributed by atoms with van der Waals surface area (Å²) in [6, 6.07) is 0. The predicted octanol–water partition coefficient (Wildman–Crippen LogP) is 0.621. The van der Waals surface area contributed by atoms with Gasteiger partial charge in [0.25, 0.3) is 5.56 Å². The van der Waals surface area contributed by atoms with E-state index in [0.29, 0.717) is 10.9 Å². The number of aryl methyl sites for hydroxylation is 1. The summed E-state index contributed by atoms with van der Waals surface area (Å²) >= 11 is 1.36. The molecule has 0 aromatic carbocycles. The van der Waals surface area contributed by atoms with Crippen molar-refractivity contribution in [3.63, 3.8) is 0 Å². The molecule has 2 heterocycles. The van der Waals surface area contributed by atoms with E-state index >= 15 is 0 Å². The molecule has 0 saturated carbocycles. The molecule has 1 aliphatic heterocycles. The quantitative estimate of drug-likeness (QED) is 0.864. The minimum Gasteiger partial charge on any atom is -0.481 e. The van der Waals surface area contributed by atoms with Crippen LogP contribution in [-0.2, 0) is 11.2 Å². The molecule has 0 radical (unpaired) electrons. The first-order chi connectivity index (χ1) is 8.68. The van der Waals surface area contributed by atoms with E-state index in [9.17, 15) is 9.59 Å². The summed E-state index contributed by atoms with van der Waals surface area (Å²) < 4.78 is 1.15. The van der Waals surface area contributed by atoms with Gasteiger partial charge in [0.2, 0.25) is 5.16 Å². The van der Waals surface area contributed by atoms with Crippen molar-refractivity contribution in [2.45, 2.75) is 31.8 Å². The Labute approximate surface area is 108 Å². The van der Waals surface area contributed by atoms with Gasteiger partial charge in [0.05, 0.1) is 6.42 Å². The second-order valence-electron chi connectivity index (χ2n) is 3.05. The average Bonchev–Trinajstić information content (AvgIpc) is 2.40. The van der Waals surface area contributed by atoms with E-state index < -0.39 is 11.5 Å². The maximum Gasteiger partial charge on any atom is 0.303 e. The Morgan fingerprint density at radius 2 is 2.22 bits per heavy atom. The highest BCUT2D eigenvalue weighted by atomic mass is 32.2. The molecule has 18 heavy (non-hydrogen) atoms. The summed E-state index contributed by atoms with van der Waals surface area (Å²) in [5.41, 5.74) is -0.263. The monoisotopic (exact) mass is 270 g/mol. The van der Waals surface area contributed by atoms with E-state index in [1.807, 2.05) is 13.8 Å². The molecule has 0 spiro atoms. The van der Waals surface area contributed by atoms with E-state index in [1.54, 1.807) is 6.21 Å². The zero-order chi connectivity index (χ0) is 13.5. The van der Waals surface area contributed by atoms with Gasteiger partial charge in [-0.15, -0.1) is 10.2 Å². The van der Waals surface area contributed by atoms with E-state index in [4.69, 9.17) is 5.11 Å². The Morgan fingerprint density at radius 3 is 2.89 bits per heavy atom. The highest BCUT2D eigenvalue weighted by Gasteiger charge is 2.14. The molecule has 0 bridgehead atoms. The molecule has 0 atom stereocenters. The highest BCUT2D eigenvalue weighted by Crippen LogP contribution is 2.14. The van der Waals surface area contributed by atoms with Crippen LogP contribution in [-0.4, -0.2) is 37.9 Å². The van der Waals surface area contributed by atoms with Crippen LogP contribution in [0.5, 0.6) is 0 Å². The number of thioether (sulfide) groups is 1. The number of fused-ring (bicyclic) bond motifs is 1. The normalized spacial score (nSPS) is 12.3. The van der Waals surface area contributed by atoms with Gasteiger partial charge in [-0.3, -0.25) is 9.59 Å². The van der Waals surface area contributed by atoms with Crippen molar-refractivity contribution in [1.82, 2.24) is 14.9 Å². The van der Waals surface area contributed by atoms with Crippen LogP contribution in [0.1, 0.15) is 26.0 Å². The van der Waals surface area contributed by atoms with Gasteiger partial charge in [-0.2, -0.15) is 9.78 Å². The van der Waals surface area contributed by atoms with Crippen LogP contribution in [0.15, 0.2) is 15.1 Å². The third kappa shape index (κ3) is 3.39. The van der Waals surface area contributed by atoms with Gasteiger partial charge in [0.1, 0.15) is 5.69 Å². The molecule has 1 aromatic heterocycles. The average molecular weight is 270 g/mol. The maximum atomic E-state index is 11.8. The van der Waals surface area contributed by atoms with Crippen molar-refractivity contribution < 1.29 is 9.90 Å². The van der Waals surface area contributed by atoms with Gasteiger partial charge in [0.15, 0.2) is 0 Å². The Balaban J connectivity index is 0.000000771. The summed E-state index contributed by atoms with van der Waals surface area (Å²) in [5.74, 6) is -0.315. The van der Waals surface area contributed by atoms with E-state index in [2.05, 4.69) is 15.3 Å². The number of aromatic nitrogens is 3. The fourth-order valence-electron chi connectivity index (χ4n) is 1.20. The van der Waals surface area contributed by atoms with Crippen molar-refractivity contribution in [2.24, 2.45) is 5.10 Å². The second-order valence-corrected chi connectivity index (χ2v) is 4.04. The Kier molecular flexibility index (Phi) is 5.50. The lowest BCUT2D eigenvalue weighted by atomic mass is 10.2. The van der Waals surface area contributed by atoms with Gasteiger partial charge in [-0.25, -0.2) is 0 Å². The largest absolute Gasteiger partial charge is 0.481 e. The van der Waals surface area contributed by atoms with Crippen molar-refractivity contribution in [2.75, 3.05) is 5.75 Å².